The lowest BCUT2D eigenvalue weighted by molar-refractivity contribution is -0.139. The van der Waals surface area contributed by atoms with Crippen LogP contribution in [0.2, 0.25) is 5.02 Å². The van der Waals surface area contributed by atoms with Crippen molar-refractivity contribution in [2.75, 3.05) is 55.5 Å². The van der Waals surface area contributed by atoms with Crippen LogP contribution in [0.15, 0.2) is 71.1 Å². The number of aliphatic hydroxyl groups is 1. The van der Waals surface area contributed by atoms with Gasteiger partial charge < -0.3 is 39.7 Å². The van der Waals surface area contributed by atoms with Crippen LogP contribution in [0, 0.1) is 5.82 Å². The van der Waals surface area contributed by atoms with Crippen molar-refractivity contribution in [1.29, 1.82) is 0 Å². The first-order valence-corrected chi connectivity index (χ1v) is 25.6. The third kappa shape index (κ3) is 10.3. The quantitative estimate of drug-likeness (QED) is 0.0634. The highest BCUT2D eigenvalue weighted by Gasteiger charge is 2.39. The van der Waals surface area contributed by atoms with Gasteiger partial charge in [0.15, 0.2) is 30.0 Å². The monoisotopic (exact) mass is 1030 g/mol. The van der Waals surface area contributed by atoms with Gasteiger partial charge in [-0.3, -0.25) is 19.3 Å². The molecule has 4 aromatic carbocycles. The molecule has 6 aromatic rings. The number of anilines is 3. The van der Waals surface area contributed by atoms with Gasteiger partial charge in [0.1, 0.15) is 21.7 Å². The van der Waals surface area contributed by atoms with Crippen LogP contribution in [0.3, 0.4) is 0 Å². The number of carboxylic acid groups (broad SMARTS) is 1. The summed E-state index contributed by atoms with van der Waals surface area (Å²) in [5.74, 6) is -1.86. The molecule has 0 aliphatic carbocycles. The highest BCUT2D eigenvalue weighted by molar-refractivity contribution is 7.81. The van der Waals surface area contributed by atoms with Crippen LogP contribution >= 0.6 is 22.9 Å². The zero-order chi connectivity index (χ0) is 50.7. The van der Waals surface area contributed by atoms with E-state index < -0.39 is 41.0 Å². The van der Waals surface area contributed by atoms with E-state index in [0.717, 1.165) is 59.5 Å². The molecule has 3 unspecified atom stereocenters. The number of carbonyl (C=O) groups excluding carboxylic acids is 4. The minimum Gasteiger partial charge on any atom is -0.479 e. The summed E-state index contributed by atoms with van der Waals surface area (Å²) in [6.07, 6.45) is 4.41. The Morgan fingerprint density at radius 1 is 1.06 bits per heavy atom. The number of halogens is 2. The fourth-order valence-corrected chi connectivity index (χ4v) is 13.0. The highest BCUT2D eigenvalue weighted by atomic mass is 35.5. The second kappa shape index (κ2) is 21.6. The number of benzene rings is 4. The Balaban J connectivity index is 0.00000334. The maximum Gasteiger partial charge on any atom is 0.341 e. The first kappa shape index (κ1) is 51.1. The lowest BCUT2D eigenvalue weighted by Gasteiger charge is -2.44. The number of nitrogens with zero attached hydrogens (tertiary/aromatic N) is 4. The molecular weight excluding hydrogens is 975 g/mol. The van der Waals surface area contributed by atoms with Crippen molar-refractivity contribution in [2.24, 2.45) is 0 Å². The molecule has 2 aromatic heterocycles. The van der Waals surface area contributed by atoms with Gasteiger partial charge in [-0.05, 0) is 98.7 Å². The second-order valence-corrected chi connectivity index (χ2v) is 21.0. The number of hydrogen-bond acceptors (Lipinski definition) is 13. The fourth-order valence-electron chi connectivity index (χ4n) is 10.0. The van der Waals surface area contributed by atoms with Crippen molar-refractivity contribution in [3.05, 3.63) is 99.1 Å². The molecule has 2 fully saturated rings. The summed E-state index contributed by atoms with van der Waals surface area (Å²) in [5.41, 5.74) is 4.43. The van der Waals surface area contributed by atoms with Crippen LogP contribution in [0.25, 0.3) is 32.3 Å². The number of ether oxygens (including phenoxy) is 1. The number of thiophene rings is 1. The second-order valence-electron chi connectivity index (χ2n) is 18.2. The van der Waals surface area contributed by atoms with E-state index in [1.165, 1.54) is 11.0 Å². The predicted molar refractivity (Wildman–Crippen MR) is 273 cm³/mol. The summed E-state index contributed by atoms with van der Waals surface area (Å²) < 4.78 is 43.6. The molecule has 16 nitrogen and oxygen atoms in total. The van der Waals surface area contributed by atoms with Gasteiger partial charge in [-0.15, -0.1) is 11.3 Å². The number of carbonyl (C=O) groups is 5. The standard InChI is InChI=1S/C50H50ClFN6O9S2.CH4O/c1-50(2)23-30(54-36-9-5-8-35(45(36)52)47-44(51)46(40(25-60)68-47)66-26-42(62)63)18-21-57(50)69(65)27-28-10-14-39-37(22-28)55-49(67-39)56-19-16-29(17-20-56)32-12-13-38-43-33(32)6-4-7-34(43)48(64)58(38)31(24-59)11-15-41(61)53-3;1-2/h4-10,12-14,22,24-25,29-31,54H,11,15-21,23,26-27H2,1-3H3,(H,53,61)(H,62,63);2H,1H3. The number of carboxylic acids is 1. The van der Waals surface area contributed by atoms with E-state index in [0.29, 0.717) is 67.1 Å². The SMILES string of the molecule is CNC(=O)CCC(C=O)N1C(=O)c2cccc3c(C4CCN(c5nc6cc(CS(=O)N7CCC(Nc8cccc(-c9sc(C=O)c(OCC(=O)O)c9Cl)c8F)CC7(C)C)ccc6o5)CC4)ccc1c23.CO. The molecule has 4 N–H and O–H groups in total. The Morgan fingerprint density at radius 3 is 2.51 bits per heavy atom. The van der Waals surface area contributed by atoms with E-state index >= 15 is 4.39 Å². The zero-order valence-corrected chi connectivity index (χ0v) is 41.9. The number of aliphatic hydroxyl groups excluding tert-OH is 1. The molecule has 0 spiro atoms. The third-order valence-electron chi connectivity index (χ3n) is 13.4. The average molecular weight is 1030 g/mol. The van der Waals surface area contributed by atoms with Crippen LogP contribution in [0.4, 0.5) is 21.8 Å². The third-order valence-corrected chi connectivity index (χ3v) is 16.7. The van der Waals surface area contributed by atoms with Gasteiger partial charge in [-0.2, -0.15) is 4.98 Å². The molecule has 3 atom stereocenters. The Hall–Kier alpha value is -6.25. The molecule has 2 saturated heterocycles. The van der Waals surface area contributed by atoms with E-state index in [9.17, 15) is 28.2 Å². The lowest BCUT2D eigenvalue weighted by atomic mass is 9.85. The van der Waals surface area contributed by atoms with Gasteiger partial charge in [0, 0.05) is 68.3 Å². The zero-order valence-electron chi connectivity index (χ0n) is 39.5. The molecule has 3 aliphatic heterocycles. The maximum atomic E-state index is 16.1. The fraction of sp³-hybridized carbons (Fsp3) is 0.373. The van der Waals surface area contributed by atoms with E-state index in [4.69, 9.17) is 36.0 Å². The number of fused-ring (bicyclic) bond motifs is 1. The van der Waals surface area contributed by atoms with E-state index in [-0.39, 0.29) is 74.1 Å². The summed E-state index contributed by atoms with van der Waals surface area (Å²) in [4.78, 5) is 69.5. The Morgan fingerprint density at radius 2 is 1.80 bits per heavy atom. The number of oxazole rings is 1. The number of aromatic nitrogens is 1. The van der Waals surface area contributed by atoms with Gasteiger partial charge in [0.25, 0.3) is 11.9 Å². The van der Waals surface area contributed by atoms with Crippen LogP contribution in [-0.2, 0) is 31.1 Å². The molecule has 0 saturated carbocycles. The smallest absolute Gasteiger partial charge is 0.341 e. The number of aliphatic carboxylic acids is 1. The summed E-state index contributed by atoms with van der Waals surface area (Å²) in [6, 6.07) is 19.9. The molecule has 5 heterocycles. The van der Waals surface area contributed by atoms with Gasteiger partial charge in [0.2, 0.25) is 5.91 Å². The maximum absolute atomic E-state index is 16.1. The Kier molecular flexibility index (Phi) is 15.6. The largest absolute Gasteiger partial charge is 0.479 e. The topological polar surface area (TPSA) is 212 Å². The molecular formula is C51H54ClFN6O10S2. The van der Waals surface area contributed by atoms with Crippen LogP contribution in [0.1, 0.15) is 89.4 Å². The summed E-state index contributed by atoms with van der Waals surface area (Å²) in [6.45, 7) is 5.23. The minimum absolute atomic E-state index is 0.0401. The number of rotatable bonds is 17. The number of nitrogens with one attached hydrogen (secondary N) is 2. The summed E-state index contributed by atoms with van der Waals surface area (Å²) in [7, 11) is 1.15. The molecule has 0 bridgehead atoms. The van der Waals surface area contributed by atoms with E-state index in [1.54, 1.807) is 25.2 Å². The van der Waals surface area contributed by atoms with Crippen LogP contribution in [-0.4, -0.2) is 112 Å². The van der Waals surface area contributed by atoms with E-state index in [2.05, 4.69) is 21.6 Å². The molecule has 9 rings (SSSR count). The van der Waals surface area contributed by atoms with Crippen LogP contribution < -0.4 is 25.2 Å². The molecule has 3 aliphatic rings. The molecule has 0 radical (unpaired) electrons. The van der Waals surface area contributed by atoms with Crippen molar-refractivity contribution < 1.29 is 51.9 Å². The van der Waals surface area contributed by atoms with Gasteiger partial charge in [-0.1, -0.05) is 48.0 Å². The lowest BCUT2D eigenvalue weighted by Crippen LogP contribution is -2.53. The molecule has 2 amide bonds. The average Bonchev–Trinajstić information content (AvgIpc) is 4.03. The highest BCUT2D eigenvalue weighted by Crippen LogP contribution is 2.47. The predicted octanol–water partition coefficient (Wildman–Crippen LogP) is 8.34. The van der Waals surface area contributed by atoms with Gasteiger partial charge >= 0.3 is 5.97 Å². The minimum atomic E-state index is -1.39. The normalized spacial score (nSPS) is 17.7. The van der Waals surface area contributed by atoms with Crippen molar-refractivity contribution in [2.45, 2.75) is 81.7 Å². The number of piperidine rings is 2. The number of amides is 2. The summed E-state index contributed by atoms with van der Waals surface area (Å²) >= 11 is 7.42. The number of hydrogen-bond donors (Lipinski definition) is 4. The van der Waals surface area contributed by atoms with Gasteiger partial charge in [0.05, 0.1) is 39.0 Å². The molecule has 20 heteroatoms. The van der Waals surface area contributed by atoms with Gasteiger partial charge in [-0.25, -0.2) is 17.7 Å². The van der Waals surface area contributed by atoms with E-state index in [1.807, 2.05) is 54.6 Å². The summed E-state index contributed by atoms with van der Waals surface area (Å²) in [5, 5.41) is 23.7. The van der Waals surface area contributed by atoms with Crippen molar-refractivity contribution in [1.82, 2.24) is 14.6 Å². The van der Waals surface area contributed by atoms with Crippen molar-refractivity contribution >= 4 is 104 Å². The van der Waals surface area contributed by atoms with Crippen molar-refractivity contribution in [3.8, 4) is 16.2 Å². The first-order valence-electron chi connectivity index (χ1n) is 23.2. The first-order chi connectivity index (χ1) is 34.2. The van der Waals surface area contributed by atoms with Crippen LogP contribution in [0.5, 0.6) is 5.75 Å². The molecule has 71 heavy (non-hydrogen) atoms. The Bertz CT molecular complexity index is 3050. The molecule has 374 valence electrons. The van der Waals surface area contributed by atoms with Crippen molar-refractivity contribution in [3.63, 3.8) is 0 Å². The number of aldehydes is 2. The Labute approximate surface area is 420 Å².